The van der Waals surface area contributed by atoms with Crippen LogP contribution in [-0.4, -0.2) is 24.6 Å². The molecule has 31 heavy (non-hydrogen) atoms. The van der Waals surface area contributed by atoms with Gasteiger partial charge in [0.05, 0.1) is 0 Å². The zero-order valence-electron chi connectivity index (χ0n) is 18.2. The normalized spacial score (nSPS) is 13.5. The van der Waals surface area contributed by atoms with E-state index in [-0.39, 0.29) is 12.7 Å². The van der Waals surface area contributed by atoms with Gasteiger partial charge in [0.15, 0.2) is 11.5 Å². The van der Waals surface area contributed by atoms with Gasteiger partial charge in [-0.15, -0.1) is 0 Å². The van der Waals surface area contributed by atoms with E-state index in [1.165, 1.54) is 5.56 Å². The Hall–Kier alpha value is -3.31. The largest absolute Gasteiger partial charge is 0.454 e. The zero-order valence-corrected chi connectivity index (χ0v) is 18.2. The molecule has 5 nitrogen and oxygen atoms in total. The molecule has 4 rings (SSSR count). The van der Waals surface area contributed by atoms with Gasteiger partial charge in [-0.2, -0.15) is 0 Å². The lowest BCUT2D eigenvalue weighted by Gasteiger charge is -2.28. The Balaban J connectivity index is 1.60. The average Bonchev–Trinajstić information content (AvgIpc) is 3.23. The molecule has 0 saturated heterocycles. The van der Waals surface area contributed by atoms with Gasteiger partial charge < -0.3 is 14.8 Å². The van der Waals surface area contributed by atoms with Crippen LogP contribution >= 0.6 is 0 Å². The SMILES string of the molecule is CC(C)c1ccc(NC(=O)C(c2ccc3c(c2)OCO3)N(C)Cc2ccccc2)cc1. The Morgan fingerprint density at radius 2 is 1.61 bits per heavy atom. The van der Waals surface area contributed by atoms with Crippen molar-refractivity contribution < 1.29 is 14.3 Å². The van der Waals surface area contributed by atoms with E-state index in [4.69, 9.17) is 9.47 Å². The van der Waals surface area contributed by atoms with Crippen molar-refractivity contribution in [3.8, 4) is 11.5 Å². The molecule has 1 atom stereocenters. The van der Waals surface area contributed by atoms with Gasteiger partial charge >= 0.3 is 0 Å². The molecular formula is C26H28N2O3. The molecular weight excluding hydrogens is 388 g/mol. The molecule has 1 amide bonds. The first-order chi connectivity index (χ1) is 15.0. The van der Waals surface area contributed by atoms with Crippen molar-refractivity contribution in [2.75, 3.05) is 19.2 Å². The summed E-state index contributed by atoms with van der Waals surface area (Å²) in [5.74, 6) is 1.74. The monoisotopic (exact) mass is 416 g/mol. The number of benzene rings is 3. The van der Waals surface area contributed by atoms with Crippen LogP contribution in [0.3, 0.4) is 0 Å². The fourth-order valence-electron chi connectivity index (χ4n) is 3.81. The number of likely N-dealkylation sites (N-methyl/N-ethyl adjacent to an activating group) is 1. The van der Waals surface area contributed by atoms with Gasteiger partial charge in [-0.25, -0.2) is 0 Å². The minimum Gasteiger partial charge on any atom is -0.454 e. The van der Waals surface area contributed by atoms with E-state index < -0.39 is 6.04 Å². The number of hydrogen-bond donors (Lipinski definition) is 1. The molecule has 1 unspecified atom stereocenters. The van der Waals surface area contributed by atoms with Crippen LogP contribution in [-0.2, 0) is 11.3 Å². The lowest BCUT2D eigenvalue weighted by atomic mass is 10.0. The number of nitrogens with one attached hydrogen (secondary N) is 1. The molecule has 3 aromatic carbocycles. The number of amides is 1. The summed E-state index contributed by atoms with van der Waals surface area (Å²) in [6, 6.07) is 23.4. The molecule has 0 radical (unpaired) electrons. The maximum absolute atomic E-state index is 13.4. The third-order valence-corrected chi connectivity index (χ3v) is 5.52. The Labute approximate surface area is 183 Å². The number of rotatable bonds is 7. The zero-order chi connectivity index (χ0) is 21.8. The van der Waals surface area contributed by atoms with E-state index in [0.29, 0.717) is 24.0 Å². The van der Waals surface area contributed by atoms with E-state index in [9.17, 15) is 4.79 Å². The molecule has 0 bridgehead atoms. The predicted molar refractivity (Wildman–Crippen MR) is 122 cm³/mol. The summed E-state index contributed by atoms with van der Waals surface area (Å²) >= 11 is 0. The first kappa shape index (κ1) is 20.9. The molecule has 3 aromatic rings. The number of anilines is 1. The standard InChI is InChI=1S/C26H28N2O3/c1-18(2)20-9-12-22(13-10-20)27-26(29)25(28(3)16-19-7-5-4-6-8-19)21-11-14-23-24(15-21)31-17-30-23/h4-15,18,25H,16-17H2,1-3H3,(H,27,29). The number of carbonyl (C=O) groups is 1. The maximum Gasteiger partial charge on any atom is 0.246 e. The lowest BCUT2D eigenvalue weighted by Crippen LogP contribution is -2.34. The fraction of sp³-hybridized carbons (Fsp3) is 0.269. The fourth-order valence-corrected chi connectivity index (χ4v) is 3.81. The van der Waals surface area contributed by atoms with Crippen LogP contribution < -0.4 is 14.8 Å². The van der Waals surface area contributed by atoms with Crippen molar-refractivity contribution in [1.29, 1.82) is 0 Å². The Kier molecular flexibility index (Phi) is 6.23. The summed E-state index contributed by atoms with van der Waals surface area (Å²) in [7, 11) is 1.96. The van der Waals surface area contributed by atoms with E-state index in [1.807, 2.05) is 60.5 Å². The van der Waals surface area contributed by atoms with Crippen molar-refractivity contribution in [2.45, 2.75) is 32.4 Å². The summed E-state index contributed by atoms with van der Waals surface area (Å²) in [5, 5.41) is 3.09. The summed E-state index contributed by atoms with van der Waals surface area (Å²) < 4.78 is 11.0. The van der Waals surface area contributed by atoms with Crippen LogP contribution in [0.1, 0.15) is 42.5 Å². The molecule has 0 aliphatic carbocycles. The molecule has 1 heterocycles. The van der Waals surface area contributed by atoms with E-state index >= 15 is 0 Å². The second kappa shape index (κ2) is 9.23. The number of fused-ring (bicyclic) bond motifs is 1. The molecule has 1 aliphatic heterocycles. The van der Waals surface area contributed by atoms with Crippen LogP contribution in [0.5, 0.6) is 11.5 Å². The first-order valence-electron chi connectivity index (χ1n) is 10.6. The Morgan fingerprint density at radius 1 is 0.935 bits per heavy atom. The van der Waals surface area contributed by atoms with Crippen LogP contribution in [0.25, 0.3) is 0 Å². The van der Waals surface area contributed by atoms with Gasteiger partial charge in [-0.3, -0.25) is 9.69 Å². The predicted octanol–water partition coefficient (Wildman–Crippen LogP) is 5.35. The number of carbonyl (C=O) groups excluding carboxylic acids is 1. The van der Waals surface area contributed by atoms with Crippen LogP contribution in [0.2, 0.25) is 0 Å². The highest BCUT2D eigenvalue weighted by Gasteiger charge is 2.27. The third kappa shape index (κ3) is 4.89. The van der Waals surface area contributed by atoms with Crippen molar-refractivity contribution >= 4 is 11.6 Å². The Morgan fingerprint density at radius 3 is 2.32 bits per heavy atom. The van der Waals surface area contributed by atoms with Gasteiger partial charge in [-0.1, -0.05) is 62.4 Å². The minimum atomic E-state index is -0.487. The van der Waals surface area contributed by atoms with Crippen LogP contribution in [0.4, 0.5) is 5.69 Å². The second-order valence-corrected chi connectivity index (χ2v) is 8.18. The minimum absolute atomic E-state index is 0.0883. The summed E-state index contributed by atoms with van der Waals surface area (Å²) in [4.78, 5) is 15.5. The molecule has 5 heteroatoms. The van der Waals surface area contributed by atoms with Crippen LogP contribution in [0.15, 0.2) is 72.8 Å². The first-order valence-corrected chi connectivity index (χ1v) is 10.6. The smallest absolute Gasteiger partial charge is 0.246 e. The summed E-state index contributed by atoms with van der Waals surface area (Å²) in [5.41, 5.74) is 4.03. The second-order valence-electron chi connectivity index (χ2n) is 8.18. The van der Waals surface area contributed by atoms with Crippen LogP contribution in [0, 0.1) is 0 Å². The maximum atomic E-state index is 13.4. The van der Waals surface area contributed by atoms with Gasteiger partial charge in [0.25, 0.3) is 0 Å². The molecule has 160 valence electrons. The topological polar surface area (TPSA) is 50.8 Å². The number of hydrogen-bond acceptors (Lipinski definition) is 4. The van der Waals surface area contributed by atoms with Gasteiger partial charge in [0, 0.05) is 12.2 Å². The van der Waals surface area contributed by atoms with Crippen molar-refractivity contribution in [1.82, 2.24) is 4.90 Å². The highest BCUT2D eigenvalue weighted by molar-refractivity contribution is 5.95. The summed E-state index contributed by atoms with van der Waals surface area (Å²) in [6.45, 7) is 5.15. The quantitative estimate of drug-likeness (QED) is 0.564. The average molecular weight is 417 g/mol. The highest BCUT2D eigenvalue weighted by Crippen LogP contribution is 2.36. The molecule has 0 fully saturated rings. The highest BCUT2D eigenvalue weighted by atomic mass is 16.7. The molecule has 1 N–H and O–H groups in total. The van der Waals surface area contributed by atoms with E-state index in [1.54, 1.807) is 0 Å². The molecule has 0 saturated carbocycles. The van der Waals surface area contributed by atoms with Crippen molar-refractivity contribution in [2.24, 2.45) is 0 Å². The molecule has 0 spiro atoms. The van der Waals surface area contributed by atoms with Gasteiger partial charge in [0.1, 0.15) is 6.04 Å². The van der Waals surface area contributed by atoms with E-state index in [0.717, 1.165) is 16.8 Å². The lowest BCUT2D eigenvalue weighted by molar-refractivity contribution is -0.121. The van der Waals surface area contributed by atoms with Gasteiger partial charge in [0.2, 0.25) is 12.7 Å². The third-order valence-electron chi connectivity index (χ3n) is 5.52. The number of nitrogens with zero attached hydrogens (tertiary/aromatic N) is 1. The van der Waals surface area contributed by atoms with Crippen molar-refractivity contribution in [3.63, 3.8) is 0 Å². The number of ether oxygens (including phenoxy) is 2. The molecule has 1 aliphatic rings. The van der Waals surface area contributed by atoms with Crippen molar-refractivity contribution in [3.05, 3.63) is 89.5 Å². The Bertz CT molecular complexity index is 1030. The summed E-state index contributed by atoms with van der Waals surface area (Å²) in [6.07, 6.45) is 0. The van der Waals surface area contributed by atoms with E-state index in [2.05, 4.69) is 43.4 Å². The molecule has 0 aromatic heterocycles. The van der Waals surface area contributed by atoms with Gasteiger partial charge in [-0.05, 0) is 53.9 Å².